The summed E-state index contributed by atoms with van der Waals surface area (Å²) >= 11 is 1.60. The molecule has 0 saturated carbocycles. The summed E-state index contributed by atoms with van der Waals surface area (Å²) < 4.78 is 5.67. The van der Waals surface area contributed by atoms with Gasteiger partial charge in [0.1, 0.15) is 10.8 Å². The number of nitrogens with zero attached hydrogens (tertiary/aromatic N) is 1. The van der Waals surface area contributed by atoms with Crippen molar-refractivity contribution in [2.45, 2.75) is 39.3 Å². The van der Waals surface area contributed by atoms with Crippen molar-refractivity contribution < 1.29 is 9.53 Å². The second kappa shape index (κ2) is 7.00. The van der Waals surface area contributed by atoms with Crippen molar-refractivity contribution in [1.29, 1.82) is 0 Å². The number of rotatable bonds is 5. The van der Waals surface area contributed by atoms with Crippen LogP contribution in [0, 0.1) is 6.92 Å². The highest BCUT2D eigenvalue weighted by Gasteiger charge is 2.26. The van der Waals surface area contributed by atoms with Crippen molar-refractivity contribution in [3.63, 3.8) is 0 Å². The fraction of sp³-hybridized carbons (Fsp3) is 0.412. The monoisotopic (exact) mass is 331 g/mol. The lowest BCUT2D eigenvalue weighted by molar-refractivity contribution is 0.236. The first kappa shape index (κ1) is 15.8. The Hall–Kier alpha value is -2.08. The molecule has 1 aromatic heterocycles. The maximum absolute atomic E-state index is 12.1. The fourth-order valence-corrected chi connectivity index (χ4v) is 3.64. The number of aromatic nitrogens is 1. The molecule has 23 heavy (non-hydrogen) atoms. The summed E-state index contributed by atoms with van der Waals surface area (Å²) in [5.41, 5.74) is 2.38. The normalized spacial score (nSPS) is 16.0. The average molecular weight is 331 g/mol. The van der Waals surface area contributed by atoms with Gasteiger partial charge in [-0.15, -0.1) is 11.3 Å². The predicted molar refractivity (Wildman–Crippen MR) is 90.9 cm³/mol. The molecule has 0 spiro atoms. The topological polar surface area (TPSA) is 63.2 Å². The van der Waals surface area contributed by atoms with Crippen LogP contribution in [0.4, 0.5) is 4.79 Å². The molecule has 2 N–H and O–H groups in total. The number of hydrogen-bond acceptors (Lipinski definition) is 4. The van der Waals surface area contributed by atoms with Crippen LogP contribution < -0.4 is 15.4 Å². The van der Waals surface area contributed by atoms with Crippen molar-refractivity contribution in [2.24, 2.45) is 0 Å². The minimum Gasteiger partial charge on any atom is -0.494 e. The highest BCUT2D eigenvalue weighted by molar-refractivity contribution is 7.11. The first-order chi connectivity index (χ1) is 11.2. The average Bonchev–Trinajstić information content (AvgIpc) is 3.13. The minimum atomic E-state index is -0.155. The summed E-state index contributed by atoms with van der Waals surface area (Å²) in [4.78, 5) is 17.5. The summed E-state index contributed by atoms with van der Waals surface area (Å²) in [7, 11) is 0. The van der Waals surface area contributed by atoms with Crippen LogP contribution in [0.2, 0.25) is 0 Å². The quantitative estimate of drug-likeness (QED) is 0.883. The number of urea groups is 1. The molecule has 2 aromatic rings. The minimum absolute atomic E-state index is 0.0448. The number of nitrogens with one attached hydrogen (secondary N) is 2. The van der Waals surface area contributed by atoms with Gasteiger partial charge in [-0.05, 0) is 43.9 Å². The van der Waals surface area contributed by atoms with E-state index in [1.165, 1.54) is 5.56 Å². The highest BCUT2D eigenvalue weighted by Crippen LogP contribution is 2.36. The number of carbonyl (C=O) groups is 1. The van der Waals surface area contributed by atoms with Crippen LogP contribution in [0.25, 0.3) is 0 Å². The Morgan fingerprint density at radius 2 is 2.35 bits per heavy atom. The van der Waals surface area contributed by atoms with Crippen LogP contribution >= 0.6 is 11.3 Å². The Kier molecular flexibility index (Phi) is 4.81. The number of hydrogen-bond donors (Lipinski definition) is 2. The molecule has 0 saturated heterocycles. The number of amides is 2. The SMILES string of the molecule is CCOc1cccc2c1CC[C@@H]2NC(=O)NCc1ncc(C)s1. The number of carbonyl (C=O) groups excluding carboxylic acids is 1. The van der Waals surface area contributed by atoms with Crippen molar-refractivity contribution in [1.82, 2.24) is 15.6 Å². The molecule has 1 aliphatic rings. The van der Waals surface area contributed by atoms with E-state index in [0.717, 1.165) is 34.0 Å². The van der Waals surface area contributed by atoms with Gasteiger partial charge >= 0.3 is 6.03 Å². The Labute approximate surface area is 140 Å². The third kappa shape index (κ3) is 3.64. The fourth-order valence-electron chi connectivity index (χ4n) is 2.91. The molecular formula is C17H21N3O2S. The van der Waals surface area contributed by atoms with Gasteiger partial charge in [-0.3, -0.25) is 0 Å². The lowest BCUT2D eigenvalue weighted by Crippen LogP contribution is -2.36. The molecule has 0 unspecified atom stereocenters. The summed E-state index contributed by atoms with van der Waals surface area (Å²) in [6, 6.07) is 5.94. The van der Waals surface area contributed by atoms with Crippen molar-refractivity contribution in [3.05, 3.63) is 45.4 Å². The lowest BCUT2D eigenvalue weighted by atomic mass is 10.1. The molecule has 2 amide bonds. The molecule has 0 bridgehead atoms. The van der Waals surface area contributed by atoms with E-state index in [0.29, 0.717) is 13.2 Å². The number of fused-ring (bicyclic) bond motifs is 1. The van der Waals surface area contributed by atoms with Crippen LogP contribution in [-0.2, 0) is 13.0 Å². The molecule has 1 aliphatic carbocycles. The third-order valence-corrected chi connectivity index (χ3v) is 4.81. The molecular weight excluding hydrogens is 310 g/mol. The molecule has 0 radical (unpaired) electrons. The lowest BCUT2D eigenvalue weighted by Gasteiger charge is -2.15. The maximum Gasteiger partial charge on any atom is 0.315 e. The molecule has 1 aromatic carbocycles. The van der Waals surface area contributed by atoms with E-state index in [9.17, 15) is 4.79 Å². The van der Waals surface area contributed by atoms with Gasteiger partial charge in [0.25, 0.3) is 0 Å². The van der Waals surface area contributed by atoms with E-state index in [2.05, 4.69) is 21.7 Å². The van der Waals surface area contributed by atoms with Gasteiger partial charge in [-0.25, -0.2) is 9.78 Å². The molecule has 0 fully saturated rings. The van der Waals surface area contributed by atoms with Crippen molar-refractivity contribution in [3.8, 4) is 5.75 Å². The number of thiazole rings is 1. The van der Waals surface area contributed by atoms with Crippen LogP contribution in [0.1, 0.15) is 40.4 Å². The second-order valence-electron chi connectivity index (χ2n) is 5.54. The first-order valence-electron chi connectivity index (χ1n) is 7.87. The Morgan fingerprint density at radius 3 is 3.09 bits per heavy atom. The van der Waals surface area contributed by atoms with E-state index in [4.69, 9.17) is 4.74 Å². The molecule has 122 valence electrons. The van der Waals surface area contributed by atoms with Crippen LogP contribution in [-0.4, -0.2) is 17.6 Å². The zero-order chi connectivity index (χ0) is 16.2. The number of aryl methyl sites for hydroxylation is 1. The zero-order valence-corrected chi connectivity index (χ0v) is 14.2. The molecule has 0 aliphatic heterocycles. The van der Waals surface area contributed by atoms with Gasteiger partial charge in [-0.2, -0.15) is 0 Å². The Bertz CT molecular complexity index is 699. The van der Waals surface area contributed by atoms with Gasteiger partial charge in [0.2, 0.25) is 0 Å². The van der Waals surface area contributed by atoms with Gasteiger partial charge < -0.3 is 15.4 Å². The molecule has 1 atom stereocenters. The van der Waals surface area contributed by atoms with Crippen molar-refractivity contribution in [2.75, 3.05) is 6.61 Å². The van der Waals surface area contributed by atoms with Gasteiger partial charge in [0, 0.05) is 11.1 Å². The van der Waals surface area contributed by atoms with E-state index >= 15 is 0 Å². The third-order valence-electron chi connectivity index (χ3n) is 3.90. The van der Waals surface area contributed by atoms with Crippen LogP contribution in [0.3, 0.4) is 0 Å². The standard InChI is InChI=1S/C17H21N3O2S/c1-3-22-15-6-4-5-12-13(15)7-8-14(12)20-17(21)19-10-16-18-9-11(2)23-16/h4-6,9,14H,3,7-8,10H2,1-2H3,(H2,19,20,21)/t14-/m0/s1. The van der Waals surface area contributed by atoms with E-state index in [-0.39, 0.29) is 12.1 Å². The summed E-state index contributed by atoms with van der Waals surface area (Å²) in [6.07, 6.45) is 3.66. The Morgan fingerprint density at radius 1 is 1.48 bits per heavy atom. The van der Waals surface area contributed by atoms with Gasteiger partial charge in [0.15, 0.2) is 0 Å². The predicted octanol–water partition coefficient (Wildman–Crippen LogP) is 3.34. The first-order valence-corrected chi connectivity index (χ1v) is 8.69. The smallest absolute Gasteiger partial charge is 0.315 e. The van der Waals surface area contributed by atoms with Crippen LogP contribution in [0.5, 0.6) is 5.75 Å². The van der Waals surface area contributed by atoms with E-state index in [1.54, 1.807) is 11.3 Å². The van der Waals surface area contributed by atoms with E-state index in [1.807, 2.05) is 32.2 Å². The van der Waals surface area contributed by atoms with Gasteiger partial charge in [0.05, 0.1) is 19.2 Å². The van der Waals surface area contributed by atoms with E-state index < -0.39 is 0 Å². The molecule has 1 heterocycles. The van der Waals surface area contributed by atoms with Crippen molar-refractivity contribution >= 4 is 17.4 Å². The number of benzene rings is 1. The molecule has 6 heteroatoms. The largest absolute Gasteiger partial charge is 0.494 e. The Balaban J connectivity index is 1.60. The summed E-state index contributed by atoms with van der Waals surface area (Å²) in [5, 5.41) is 6.85. The van der Waals surface area contributed by atoms with Gasteiger partial charge in [-0.1, -0.05) is 12.1 Å². The number of ether oxygens (including phenoxy) is 1. The second-order valence-corrected chi connectivity index (χ2v) is 6.86. The molecule has 3 rings (SSSR count). The van der Waals surface area contributed by atoms with Crippen LogP contribution in [0.15, 0.2) is 24.4 Å². The maximum atomic E-state index is 12.1. The summed E-state index contributed by atoms with van der Waals surface area (Å²) in [6.45, 7) is 5.11. The zero-order valence-electron chi connectivity index (χ0n) is 13.4. The molecule has 5 nitrogen and oxygen atoms in total. The highest BCUT2D eigenvalue weighted by atomic mass is 32.1. The summed E-state index contributed by atoms with van der Waals surface area (Å²) in [5.74, 6) is 0.938.